The van der Waals surface area contributed by atoms with Gasteiger partial charge in [-0.05, 0) is 32.1 Å². The second-order valence-corrected chi connectivity index (χ2v) is 6.19. The van der Waals surface area contributed by atoms with Crippen LogP contribution in [0.3, 0.4) is 0 Å². The van der Waals surface area contributed by atoms with E-state index in [0.29, 0.717) is 5.54 Å². The SMILES string of the molecule is CCC1CNC2(CCCCC2)CN1C1CC1. The highest BCUT2D eigenvalue weighted by molar-refractivity contribution is 5.03. The van der Waals surface area contributed by atoms with Crippen molar-refractivity contribution in [2.24, 2.45) is 0 Å². The zero-order chi connectivity index (χ0) is 11.0. The zero-order valence-electron chi connectivity index (χ0n) is 10.7. The summed E-state index contributed by atoms with van der Waals surface area (Å²) in [4.78, 5) is 2.85. The maximum absolute atomic E-state index is 3.91. The molecule has 0 aromatic rings. The Morgan fingerprint density at radius 1 is 1.19 bits per heavy atom. The summed E-state index contributed by atoms with van der Waals surface area (Å²) in [7, 11) is 0. The fourth-order valence-electron chi connectivity index (χ4n) is 3.76. The second-order valence-electron chi connectivity index (χ2n) is 6.19. The Morgan fingerprint density at radius 2 is 1.94 bits per heavy atom. The molecule has 92 valence electrons. The van der Waals surface area contributed by atoms with Gasteiger partial charge < -0.3 is 5.32 Å². The van der Waals surface area contributed by atoms with Crippen molar-refractivity contribution in [1.29, 1.82) is 0 Å². The molecule has 2 aliphatic carbocycles. The third-order valence-electron chi connectivity index (χ3n) is 4.96. The molecule has 3 aliphatic rings. The standard InChI is InChI=1S/C14H26N2/c1-2-12-10-15-14(8-4-3-5-9-14)11-16(12)13-6-7-13/h12-13,15H,2-11H2,1H3. The van der Waals surface area contributed by atoms with Crippen molar-refractivity contribution in [1.82, 2.24) is 10.2 Å². The van der Waals surface area contributed by atoms with Crippen molar-refractivity contribution in [2.75, 3.05) is 13.1 Å². The van der Waals surface area contributed by atoms with Gasteiger partial charge in [-0.15, -0.1) is 0 Å². The van der Waals surface area contributed by atoms with E-state index in [0.717, 1.165) is 12.1 Å². The zero-order valence-corrected chi connectivity index (χ0v) is 10.7. The molecule has 16 heavy (non-hydrogen) atoms. The van der Waals surface area contributed by atoms with Gasteiger partial charge in [0.15, 0.2) is 0 Å². The summed E-state index contributed by atoms with van der Waals surface area (Å²) in [5.41, 5.74) is 0.506. The van der Waals surface area contributed by atoms with Crippen LogP contribution in [0.2, 0.25) is 0 Å². The minimum Gasteiger partial charge on any atom is -0.308 e. The van der Waals surface area contributed by atoms with Gasteiger partial charge in [0.2, 0.25) is 0 Å². The topological polar surface area (TPSA) is 15.3 Å². The van der Waals surface area contributed by atoms with Gasteiger partial charge in [0.05, 0.1) is 0 Å². The van der Waals surface area contributed by atoms with Crippen LogP contribution >= 0.6 is 0 Å². The maximum atomic E-state index is 3.91. The van der Waals surface area contributed by atoms with Crippen LogP contribution in [0.1, 0.15) is 58.3 Å². The Hall–Kier alpha value is -0.0800. The van der Waals surface area contributed by atoms with Gasteiger partial charge in [-0.25, -0.2) is 0 Å². The minimum absolute atomic E-state index is 0.506. The second kappa shape index (κ2) is 4.30. The van der Waals surface area contributed by atoms with E-state index in [1.165, 1.54) is 64.5 Å². The average molecular weight is 222 g/mol. The Labute approximate surface area is 99.8 Å². The van der Waals surface area contributed by atoms with Gasteiger partial charge in [0, 0.05) is 30.7 Å². The van der Waals surface area contributed by atoms with Gasteiger partial charge in [0.1, 0.15) is 0 Å². The number of rotatable bonds is 2. The number of piperazine rings is 1. The predicted molar refractivity (Wildman–Crippen MR) is 67.6 cm³/mol. The van der Waals surface area contributed by atoms with Crippen molar-refractivity contribution in [3.05, 3.63) is 0 Å². The maximum Gasteiger partial charge on any atom is 0.0309 e. The molecule has 1 N–H and O–H groups in total. The Morgan fingerprint density at radius 3 is 2.56 bits per heavy atom. The summed E-state index contributed by atoms with van der Waals surface area (Å²) in [5, 5.41) is 3.91. The molecule has 0 aromatic carbocycles. The van der Waals surface area contributed by atoms with Gasteiger partial charge in [0.25, 0.3) is 0 Å². The molecule has 1 aliphatic heterocycles. The first kappa shape index (κ1) is 11.0. The normalized spacial score (nSPS) is 35.4. The molecule has 3 fully saturated rings. The lowest BCUT2D eigenvalue weighted by Gasteiger charge is -2.50. The molecule has 0 bridgehead atoms. The van der Waals surface area contributed by atoms with E-state index < -0.39 is 0 Å². The predicted octanol–water partition coefficient (Wildman–Crippen LogP) is 2.54. The van der Waals surface area contributed by atoms with E-state index in [1.54, 1.807) is 0 Å². The summed E-state index contributed by atoms with van der Waals surface area (Å²) in [6, 6.07) is 1.77. The van der Waals surface area contributed by atoms with Gasteiger partial charge >= 0.3 is 0 Å². The summed E-state index contributed by atoms with van der Waals surface area (Å²) in [5.74, 6) is 0. The molecule has 1 saturated heterocycles. The van der Waals surface area contributed by atoms with Gasteiger partial charge in [-0.2, -0.15) is 0 Å². The Kier molecular flexibility index (Phi) is 2.97. The molecule has 2 heteroatoms. The lowest BCUT2D eigenvalue weighted by atomic mass is 9.79. The van der Waals surface area contributed by atoms with Gasteiger partial charge in [-0.3, -0.25) is 4.90 Å². The summed E-state index contributed by atoms with van der Waals surface area (Å²) >= 11 is 0. The molecule has 0 aromatic heterocycles. The lowest BCUT2D eigenvalue weighted by molar-refractivity contribution is 0.0481. The molecule has 1 unspecified atom stereocenters. The fraction of sp³-hybridized carbons (Fsp3) is 1.00. The van der Waals surface area contributed by atoms with Crippen molar-refractivity contribution in [3.63, 3.8) is 0 Å². The van der Waals surface area contributed by atoms with Crippen LogP contribution in [0.4, 0.5) is 0 Å². The molecule has 2 saturated carbocycles. The quantitative estimate of drug-likeness (QED) is 0.772. The number of hydrogen-bond donors (Lipinski definition) is 1. The van der Waals surface area contributed by atoms with Crippen LogP contribution in [0.15, 0.2) is 0 Å². The molecular formula is C14H26N2. The van der Waals surface area contributed by atoms with Crippen LogP contribution in [0.25, 0.3) is 0 Å². The van der Waals surface area contributed by atoms with Crippen molar-refractivity contribution in [2.45, 2.75) is 75.9 Å². The lowest BCUT2D eigenvalue weighted by Crippen LogP contribution is -2.65. The molecular weight excluding hydrogens is 196 g/mol. The first-order valence-electron chi connectivity index (χ1n) is 7.34. The molecule has 1 spiro atoms. The highest BCUT2D eigenvalue weighted by Crippen LogP contribution is 2.37. The van der Waals surface area contributed by atoms with Crippen LogP contribution in [-0.2, 0) is 0 Å². The van der Waals surface area contributed by atoms with E-state index in [1.807, 2.05) is 0 Å². The monoisotopic (exact) mass is 222 g/mol. The summed E-state index contributed by atoms with van der Waals surface area (Å²) < 4.78 is 0. The molecule has 3 rings (SSSR count). The molecule has 2 nitrogen and oxygen atoms in total. The van der Waals surface area contributed by atoms with E-state index in [4.69, 9.17) is 0 Å². The largest absolute Gasteiger partial charge is 0.308 e. The third-order valence-corrected chi connectivity index (χ3v) is 4.96. The molecule has 0 amide bonds. The minimum atomic E-state index is 0.506. The smallest absolute Gasteiger partial charge is 0.0309 e. The highest BCUT2D eigenvalue weighted by Gasteiger charge is 2.44. The molecule has 1 atom stereocenters. The van der Waals surface area contributed by atoms with Crippen LogP contribution < -0.4 is 5.32 Å². The van der Waals surface area contributed by atoms with E-state index >= 15 is 0 Å². The van der Waals surface area contributed by atoms with Crippen molar-refractivity contribution < 1.29 is 0 Å². The Balaban J connectivity index is 1.69. The summed E-state index contributed by atoms with van der Waals surface area (Å²) in [6.45, 7) is 4.93. The molecule has 0 radical (unpaired) electrons. The average Bonchev–Trinajstić information content (AvgIpc) is 3.14. The highest BCUT2D eigenvalue weighted by atomic mass is 15.3. The van der Waals surface area contributed by atoms with E-state index in [-0.39, 0.29) is 0 Å². The van der Waals surface area contributed by atoms with Crippen LogP contribution in [0, 0.1) is 0 Å². The van der Waals surface area contributed by atoms with Crippen LogP contribution in [-0.4, -0.2) is 35.6 Å². The van der Waals surface area contributed by atoms with Crippen molar-refractivity contribution in [3.8, 4) is 0 Å². The van der Waals surface area contributed by atoms with Crippen molar-refractivity contribution >= 4 is 0 Å². The Bertz CT molecular complexity index is 241. The number of nitrogens with one attached hydrogen (secondary N) is 1. The summed E-state index contributed by atoms with van der Waals surface area (Å²) in [6.07, 6.45) is 11.5. The van der Waals surface area contributed by atoms with E-state index in [9.17, 15) is 0 Å². The number of hydrogen-bond acceptors (Lipinski definition) is 2. The first-order valence-corrected chi connectivity index (χ1v) is 7.34. The van der Waals surface area contributed by atoms with Gasteiger partial charge in [-0.1, -0.05) is 26.2 Å². The molecule has 1 heterocycles. The number of nitrogens with zero attached hydrogens (tertiary/aromatic N) is 1. The third kappa shape index (κ3) is 2.02. The van der Waals surface area contributed by atoms with E-state index in [2.05, 4.69) is 17.1 Å². The van der Waals surface area contributed by atoms with Crippen LogP contribution in [0.5, 0.6) is 0 Å². The fourth-order valence-corrected chi connectivity index (χ4v) is 3.76. The first-order chi connectivity index (χ1) is 7.83.